The van der Waals surface area contributed by atoms with Gasteiger partial charge in [0.2, 0.25) is 5.91 Å². The molecule has 1 aromatic carbocycles. The van der Waals surface area contributed by atoms with Crippen molar-refractivity contribution in [2.45, 2.75) is 51.7 Å². The maximum Gasteiger partial charge on any atom is 0.237 e. The first-order chi connectivity index (χ1) is 9.62. The van der Waals surface area contributed by atoms with Gasteiger partial charge in [0, 0.05) is 6.04 Å². The first kappa shape index (κ1) is 16.7. The van der Waals surface area contributed by atoms with Gasteiger partial charge in [-0.3, -0.25) is 10.1 Å². The Labute approximate surface area is 121 Å². The predicted molar refractivity (Wildman–Crippen MR) is 81.4 cm³/mol. The Morgan fingerprint density at radius 2 is 1.80 bits per heavy atom. The summed E-state index contributed by atoms with van der Waals surface area (Å²) in [5.41, 5.74) is 0.984. The van der Waals surface area contributed by atoms with E-state index in [0.717, 1.165) is 18.4 Å². The van der Waals surface area contributed by atoms with Gasteiger partial charge in [0.05, 0.1) is 18.7 Å². The fraction of sp³-hybridized carbons (Fsp3) is 0.562. The van der Waals surface area contributed by atoms with Crippen molar-refractivity contribution in [3.8, 4) is 0 Å². The zero-order valence-electron chi connectivity index (χ0n) is 12.6. The van der Waals surface area contributed by atoms with Crippen LogP contribution in [0.25, 0.3) is 0 Å². The highest BCUT2D eigenvalue weighted by Gasteiger charge is 2.19. The van der Waals surface area contributed by atoms with Crippen LogP contribution in [0.15, 0.2) is 30.3 Å². The zero-order chi connectivity index (χ0) is 15.0. The number of benzene rings is 1. The number of nitrogens with one attached hydrogen (secondary N) is 2. The van der Waals surface area contributed by atoms with Crippen LogP contribution in [-0.4, -0.2) is 29.7 Å². The fourth-order valence-electron chi connectivity index (χ4n) is 2.14. The lowest BCUT2D eigenvalue weighted by molar-refractivity contribution is -0.123. The van der Waals surface area contributed by atoms with Crippen LogP contribution in [0, 0.1) is 0 Å². The summed E-state index contributed by atoms with van der Waals surface area (Å²) in [5, 5.41) is 15.7. The van der Waals surface area contributed by atoms with Crippen molar-refractivity contribution < 1.29 is 9.90 Å². The molecule has 0 aliphatic carbocycles. The van der Waals surface area contributed by atoms with E-state index in [1.165, 1.54) is 0 Å². The summed E-state index contributed by atoms with van der Waals surface area (Å²) in [4.78, 5) is 12.1. The molecule has 0 spiro atoms. The largest absolute Gasteiger partial charge is 0.394 e. The molecule has 4 heteroatoms. The van der Waals surface area contributed by atoms with E-state index in [1.54, 1.807) is 0 Å². The van der Waals surface area contributed by atoms with E-state index in [9.17, 15) is 9.90 Å². The molecular formula is C16H26N2O2. The van der Waals surface area contributed by atoms with Gasteiger partial charge < -0.3 is 10.4 Å². The minimum atomic E-state index is -0.340. The number of hydrogen-bond acceptors (Lipinski definition) is 3. The van der Waals surface area contributed by atoms with E-state index in [1.807, 2.05) is 37.3 Å². The van der Waals surface area contributed by atoms with E-state index in [2.05, 4.69) is 24.5 Å². The van der Waals surface area contributed by atoms with Gasteiger partial charge in [-0.25, -0.2) is 0 Å². The average molecular weight is 278 g/mol. The van der Waals surface area contributed by atoms with Crippen LogP contribution in [-0.2, 0) is 4.79 Å². The summed E-state index contributed by atoms with van der Waals surface area (Å²) in [5.74, 6) is -0.0203. The fourth-order valence-corrected chi connectivity index (χ4v) is 2.14. The molecule has 0 aliphatic heterocycles. The lowest BCUT2D eigenvalue weighted by Gasteiger charge is -2.23. The summed E-state index contributed by atoms with van der Waals surface area (Å²) in [7, 11) is 0. The minimum Gasteiger partial charge on any atom is -0.394 e. The molecule has 0 bridgehead atoms. The molecule has 3 N–H and O–H groups in total. The SMILES string of the molecule is CCC(CC)NC(=O)C(C)NC(CO)c1ccccc1. The van der Waals surface area contributed by atoms with Gasteiger partial charge >= 0.3 is 0 Å². The Kier molecular flexibility index (Phi) is 7.26. The monoisotopic (exact) mass is 278 g/mol. The van der Waals surface area contributed by atoms with E-state index in [0.29, 0.717) is 0 Å². The van der Waals surface area contributed by atoms with Crippen molar-refractivity contribution in [2.24, 2.45) is 0 Å². The Balaban J connectivity index is 2.59. The third kappa shape index (κ3) is 4.94. The molecule has 4 nitrogen and oxygen atoms in total. The van der Waals surface area contributed by atoms with Crippen molar-refractivity contribution >= 4 is 5.91 Å². The smallest absolute Gasteiger partial charge is 0.237 e. The summed E-state index contributed by atoms with van der Waals surface area (Å²) in [6, 6.07) is 9.33. The Bertz CT molecular complexity index is 391. The van der Waals surface area contributed by atoms with Crippen LogP contribution in [0.1, 0.15) is 45.2 Å². The first-order valence-corrected chi connectivity index (χ1v) is 7.34. The van der Waals surface area contributed by atoms with Crippen LogP contribution in [0.2, 0.25) is 0 Å². The average Bonchev–Trinajstić information content (AvgIpc) is 2.50. The second kappa shape index (κ2) is 8.72. The molecule has 0 radical (unpaired) electrons. The summed E-state index contributed by atoms with van der Waals surface area (Å²) < 4.78 is 0. The highest BCUT2D eigenvalue weighted by molar-refractivity contribution is 5.81. The first-order valence-electron chi connectivity index (χ1n) is 7.34. The molecule has 0 fully saturated rings. The summed E-state index contributed by atoms with van der Waals surface area (Å²) in [6.45, 7) is 5.91. The van der Waals surface area contributed by atoms with Crippen molar-refractivity contribution in [2.75, 3.05) is 6.61 Å². The van der Waals surface area contributed by atoms with Crippen molar-refractivity contribution in [1.82, 2.24) is 10.6 Å². The number of carbonyl (C=O) groups excluding carboxylic acids is 1. The Morgan fingerprint density at radius 1 is 1.20 bits per heavy atom. The van der Waals surface area contributed by atoms with Crippen LogP contribution in [0.4, 0.5) is 0 Å². The van der Waals surface area contributed by atoms with Gasteiger partial charge in [-0.15, -0.1) is 0 Å². The quantitative estimate of drug-likeness (QED) is 0.681. The maximum absolute atomic E-state index is 12.1. The number of carbonyl (C=O) groups is 1. The number of hydrogen-bond donors (Lipinski definition) is 3. The lowest BCUT2D eigenvalue weighted by atomic mass is 10.1. The van der Waals surface area contributed by atoms with Gasteiger partial charge in [-0.2, -0.15) is 0 Å². The third-order valence-electron chi connectivity index (χ3n) is 3.56. The highest BCUT2D eigenvalue weighted by atomic mass is 16.3. The summed E-state index contributed by atoms with van der Waals surface area (Å²) in [6.07, 6.45) is 1.86. The van der Waals surface area contributed by atoms with Gasteiger partial charge in [-0.1, -0.05) is 44.2 Å². The molecule has 0 saturated heterocycles. The molecule has 1 amide bonds. The van der Waals surface area contributed by atoms with Crippen LogP contribution in [0.3, 0.4) is 0 Å². The van der Waals surface area contributed by atoms with Crippen LogP contribution < -0.4 is 10.6 Å². The van der Waals surface area contributed by atoms with Gasteiger partial charge in [0.25, 0.3) is 0 Å². The normalized spacial score (nSPS) is 14.1. The van der Waals surface area contributed by atoms with Gasteiger partial charge in [0.15, 0.2) is 0 Å². The highest BCUT2D eigenvalue weighted by Crippen LogP contribution is 2.12. The topological polar surface area (TPSA) is 61.4 Å². The molecule has 112 valence electrons. The second-order valence-electron chi connectivity index (χ2n) is 5.06. The number of aliphatic hydroxyl groups is 1. The Hall–Kier alpha value is -1.39. The molecule has 0 heterocycles. The third-order valence-corrected chi connectivity index (χ3v) is 3.56. The van der Waals surface area contributed by atoms with Crippen LogP contribution in [0.5, 0.6) is 0 Å². The van der Waals surface area contributed by atoms with E-state index < -0.39 is 0 Å². The molecule has 0 saturated carbocycles. The zero-order valence-corrected chi connectivity index (χ0v) is 12.6. The Morgan fingerprint density at radius 3 is 2.30 bits per heavy atom. The summed E-state index contributed by atoms with van der Waals surface area (Å²) >= 11 is 0. The molecule has 0 aromatic heterocycles. The van der Waals surface area contributed by atoms with Crippen molar-refractivity contribution in [1.29, 1.82) is 0 Å². The number of aliphatic hydroxyl groups excluding tert-OH is 1. The molecule has 0 aliphatic rings. The molecule has 1 aromatic rings. The van der Waals surface area contributed by atoms with Crippen molar-refractivity contribution in [3.05, 3.63) is 35.9 Å². The number of amides is 1. The molecular weight excluding hydrogens is 252 g/mol. The maximum atomic E-state index is 12.1. The molecule has 2 unspecified atom stereocenters. The predicted octanol–water partition coefficient (Wildman–Crippen LogP) is 2.00. The standard InChI is InChI=1S/C16H26N2O2/c1-4-14(5-2)18-16(20)12(3)17-15(11-19)13-9-7-6-8-10-13/h6-10,12,14-15,17,19H,4-5,11H2,1-3H3,(H,18,20). The van der Waals surface area contributed by atoms with Gasteiger partial charge in [-0.05, 0) is 25.3 Å². The molecule has 1 rings (SSSR count). The second-order valence-corrected chi connectivity index (χ2v) is 5.06. The van der Waals surface area contributed by atoms with Crippen LogP contribution >= 0.6 is 0 Å². The van der Waals surface area contributed by atoms with E-state index in [4.69, 9.17) is 0 Å². The van der Waals surface area contributed by atoms with Gasteiger partial charge in [0.1, 0.15) is 0 Å². The minimum absolute atomic E-state index is 0.0203. The molecule has 20 heavy (non-hydrogen) atoms. The lowest BCUT2D eigenvalue weighted by Crippen LogP contribution is -2.47. The van der Waals surface area contributed by atoms with E-state index >= 15 is 0 Å². The number of rotatable bonds is 8. The van der Waals surface area contributed by atoms with Crippen molar-refractivity contribution in [3.63, 3.8) is 0 Å². The van der Waals surface area contributed by atoms with E-state index in [-0.39, 0.29) is 30.6 Å². The molecule has 2 atom stereocenters.